The fourth-order valence-corrected chi connectivity index (χ4v) is 3.94. The van der Waals surface area contributed by atoms with Gasteiger partial charge in [0, 0.05) is 23.0 Å². The number of hydrogen-bond acceptors (Lipinski definition) is 5. The number of hydrogen-bond donors (Lipinski definition) is 1. The van der Waals surface area contributed by atoms with Crippen LogP contribution in [-0.2, 0) is 11.3 Å². The number of benzene rings is 2. The van der Waals surface area contributed by atoms with Gasteiger partial charge in [-0.15, -0.1) is 5.10 Å². The molecule has 0 aliphatic carbocycles. The first-order chi connectivity index (χ1) is 14.4. The fraction of sp³-hybridized carbons (Fsp3) is 0.100. The molecule has 0 bridgehead atoms. The summed E-state index contributed by atoms with van der Waals surface area (Å²) in [4.78, 5) is 30.3. The van der Waals surface area contributed by atoms with Crippen molar-refractivity contribution in [2.45, 2.75) is 23.4 Å². The molecule has 30 heavy (non-hydrogen) atoms. The molecule has 1 amide bonds. The highest BCUT2D eigenvalue weighted by Gasteiger charge is 2.15. The minimum absolute atomic E-state index is 0.110. The number of carbonyl (C=O) groups is 1. The van der Waals surface area contributed by atoms with Crippen molar-refractivity contribution in [2.24, 2.45) is 0 Å². The molecule has 10 heteroatoms. The van der Waals surface area contributed by atoms with Gasteiger partial charge in [-0.1, -0.05) is 41.1 Å². The molecule has 0 saturated carbocycles. The number of aromatic nitrogens is 4. The Balaban J connectivity index is 1.59. The second-order valence-corrected chi connectivity index (χ2v) is 7.93. The molecule has 0 spiro atoms. The Morgan fingerprint density at radius 2 is 2.10 bits per heavy atom. The second kappa shape index (κ2) is 8.29. The lowest BCUT2D eigenvalue weighted by atomic mass is 10.2. The molecule has 152 valence electrons. The molecule has 7 nitrogen and oxygen atoms in total. The summed E-state index contributed by atoms with van der Waals surface area (Å²) in [7, 11) is 0. The zero-order valence-corrected chi connectivity index (χ0v) is 17.2. The molecule has 1 N–H and O–H groups in total. The molecule has 0 saturated heterocycles. The molecule has 0 aliphatic heterocycles. The summed E-state index contributed by atoms with van der Waals surface area (Å²) in [6.07, 6.45) is 3.01. The van der Waals surface area contributed by atoms with E-state index in [-0.39, 0.29) is 11.6 Å². The van der Waals surface area contributed by atoms with E-state index < -0.39 is 17.4 Å². The van der Waals surface area contributed by atoms with Crippen LogP contribution in [0.15, 0.2) is 69.6 Å². The minimum atomic E-state index is -0.586. The summed E-state index contributed by atoms with van der Waals surface area (Å²) in [5.41, 5.74) is 1.31. The Morgan fingerprint density at radius 1 is 1.27 bits per heavy atom. The van der Waals surface area contributed by atoms with Crippen molar-refractivity contribution in [3.05, 3.63) is 81.7 Å². The summed E-state index contributed by atoms with van der Waals surface area (Å²) in [5, 5.41) is 7.29. The monoisotopic (exact) mass is 443 g/mol. The molecular weight excluding hydrogens is 429 g/mol. The molecule has 2 aromatic carbocycles. The quantitative estimate of drug-likeness (QED) is 0.507. The standard InChI is InChI=1S/C20H15ClFN5O2S/c1-12-3-2-4-14(9-12)30-19-18-25-27(20(29)26(18)8-7-23-19)11-17(28)24-13-5-6-16(22)15(21)10-13/h2-10H,11H2,1H3,(H,24,28). The normalized spacial score (nSPS) is 11.0. The third kappa shape index (κ3) is 4.22. The maximum absolute atomic E-state index is 13.3. The maximum Gasteiger partial charge on any atom is 0.350 e. The Hall–Kier alpha value is -3.17. The zero-order chi connectivity index (χ0) is 21.3. The smallest absolute Gasteiger partial charge is 0.324 e. The van der Waals surface area contributed by atoms with Crippen molar-refractivity contribution in [1.82, 2.24) is 19.2 Å². The van der Waals surface area contributed by atoms with Crippen LogP contribution in [0.5, 0.6) is 0 Å². The first-order valence-corrected chi connectivity index (χ1v) is 10.0. The summed E-state index contributed by atoms with van der Waals surface area (Å²) in [6, 6.07) is 11.7. The predicted octanol–water partition coefficient (Wildman–Crippen LogP) is 3.78. The van der Waals surface area contributed by atoms with E-state index in [2.05, 4.69) is 15.4 Å². The molecule has 0 radical (unpaired) electrons. The van der Waals surface area contributed by atoms with Crippen LogP contribution in [0.2, 0.25) is 5.02 Å². The number of halogens is 2. The molecule has 0 fully saturated rings. The van der Waals surface area contributed by atoms with Crippen molar-refractivity contribution < 1.29 is 9.18 Å². The number of rotatable bonds is 5. The average Bonchev–Trinajstić information content (AvgIpc) is 3.01. The van der Waals surface area contributed by atoms with E-state index in [4.69, 9.17) is 11.6 Å². The molecule has 0 atom stereocenters. The number of nitrogens with one attached hydrogen (secondary N) is 1. The van der Waals surface area contributed by atoms with Crippen LogP contribution in [0.4, 0.5) is 10.1 Å². The molecule has 0 unspecified atom stereocenters. The van der Waals surface area contributed by atoms with Crippen molar-refractivity contribution in [1.29, 1.82) is 0 Å². The molecule has 4 rings (SSSR count). The van der Waals surface area contributed by atoms with Crippen LogP contribution in [0.25, 0.3) is 5.65 Å². The van der Waals surface area contributed by atoms with Gasteiger partial charge in [0.05, 0.1) is 5.02 Å². The molecule has 0 aliphatic rings. The van der Waals surface area contributed by atoms with Gasteiger partial charge in [0.2, 0.25) is 5.91 Å². The number of nitrogens with zero attached hydrogens (tertiary/aromatic N) is 4. The highest BCUT2D eigenvalue weighted by atomic mass is 35.5. The van der Waals surface area contributed by atoms with Gasteiger partial charge in [0.25, 0.3) is 0 Å². The van der Waals surface area contributed by atoms with Gasteiger partial charge in [0.15, 0.2) is 5.65 Å². The van der Waals surface area contributed by atoms with E-state index in [1.54, 1.807) is 0 Å². The number of fused-ring (bicyclic) bond motifs is 1. The average molecular weight is 444 g/mol. The topological polar surface area (TPSA) is 81.3 Å². The Bertz CT molecular complexity index is 1320. The fourth-order valence-electron chi connectivity index (χ4n) is 2.80. The van der Waals surface area contributed by atoms with Gasteiger partial charge in [-0.25, -0.2) is 23.3 Å². The van der Waals surface area contributed by atoms with Crippen LogP contribution in [-0.4, -0.2) is 25.1 Å². The van der Waals surface area contributed by atoms with E-state index in [1.165, 1.54) is 40.7 Å². The van der Waals surface area contributed by atoms with E-state index in [9.17, 15) is 14.0 Å². The Labute approximate surface area is 179 Å². The number of aryl methyl sites for hydroxylation is 1. The third-order valence-corrected chi connectivity index (χ3v) is 5.43. The lowest BCUT2D eigenvalue weighted by Gasteiger charge is -2.05. The highest BCUT2D eigenvalue weighted by Crippen LogP contribution is 2.28. The minimum Gasteiger partial charge on any atom is -0.324 e. The van der Waals surface area contributed by atoms with E-state index in [1.807, 2.05) is 31.2 Å². The van der Waals surface area contributed by atoms with Crippen LogP contribution in [0.1, 0.15) is 5.56 Å². The van der Waals surface area contributed by atoms with Gasteiger partial charge < -0.3 is 5.32 Å². The number of anilines is 1. The predicted molar refractivity (Wildman–Crippen MR) is 113 cm³/mol. The van der Waals surface area contributed by atoms with E-state index in [0.29, 0.717) is 16.4 Å². The van der Waals surface area contributed by atoms with Gasteiger partial charge in [-0.05, 0) is 37.3 Å². The van der Waals surface area contributed by atoms with Gasteiger partial charge in [0.1, 0.15) is 17.4 Å². The second-order valence-electron chi connectivity index (χ2n) is 6.46. The van der Waals surface area contributed by atoms with Crippen LogP contribution >= 0.6 is 23.4 Å². The first-order valence-electron chi connectivity index (χ1n) is 8.84. The lowest BCUT2D eigenvalue weighted by molar-refractivity contribution is -0.117. The van der Waals surface area contributed by atoms with Crippen molar-refractivity contribution >= 4 is 40.6 Å². The number of amides is 1. The largest absolute Gasteiger partial charge is 0.350 e. The first kappa shape index (κ1) is 20.1. The van der Waals surface area contributed by atoms with Gasteiger partial charge in [-0.2, -0.15) is 0 Å². The van der Waals surface area contributed by atoms with E-state index >= 15 is 0 Å². The molecule has 2 aromatic heterocycles. The third-order valence-electron chi connectivity index (χ3n) is 4.17. The van der Waals surface area contributed by atoms with Crippen molar-refractivity contribution in [3.63, 3.8) is 0 Å². The summed E-state index contributed by atoms with van der Waals surface area (Å²) in [5.74, 6) is -1.08. The van der Waals surface area contributed by atoms with E-state index in [0.717, 1.165) is 21.2 Å². The molecular formula is C20H15ClFN5O2S. The SMILES string of the molecule is Cc1cccc(Sc2nccn3c(=O)n(CC(=O)Nc4ccc(F)c(Cl)c4)nc23)c1. The lowest BCUT2D eigenvalue weighted by Crippen LogP contribution is -2.28. The molecule has 4 aromatic rings. The van der Waals surface area contributed by atoms with Gasteiger partial charge >= 0.3 is 5.69 Å². The summed E-state index contributed by atoms with van der Waals surface area (Å²) >= 11 is 7.10. The van der Waals surface area contributed by atoms with Crippen LogP contribution in [0, 0.1) is 12.7 Å². The highest BCUT2D eigenvalue weighted by molar-refractivity contribution is 7.99. The summed E-state index contributed by atoms with van der Waals surface area (Å²) in [6.45, 7) is 1.67. The van der Waals surface area contributed by atoms with Crippen molar-refractivity contribution in [3.8, 4) is 0 Å². The number of carbonyl (C=O) groups excluding carboxylic acids is 1. The van der Waals surface area contributed by atoms with Crippen molar-refractivity contribution in [2.75, 3.05) is 5.32 Å². The zero-order valence-electron chi connectivity index (χ0n) is 15.7. The Kier molecular flexibility index (Phi) is 5.56. The summed E-state index contributed by atoms with van der Waals surface area (Å²) < 4.78 is 15.7. The van der Waals surface area contributed by atoms with Crippen LogP contribution in [0.3, 0.4) is 0 Å². The Morgan fingerprint density at radius 3 is 2.87 bits per heavy atom. The van der Waals surface area contributed by atoms with Gasteiger partial charge in [-0.3, -0.25) is 4.79 Å². The van der Waals surface area contributed by atoms with Crippen LogP contribution < -0.4 is 11.0 Å². The maximum atomic E-state index is 13.3. The molecule has 2 heterocycles.